The number of methoxy groups -OCH3 is 2. The first-order valence-electron chi connectivity index (χ1n) is 7.61. The Hall–Kier alpha value is -2.17. The number of rotatable bonds is 9. The van der Waals surface area contributed by atoms with Crippen molar-refractivity contribution in [3.05, 3.63) is 65.2 Å². The molecule has 0 amide bonds. The molecule has 5 heteroatoms. The molecule has 0 heterocycles. The lowest BCUT2D eigenvalue weighted by atomic mass is 10.1. The predicted molar refractivity (Wildman–Crippen MR) is 97.2 cm³/mol. The highest BCUT2D eigenvalue weighted by Crippen LogP contribution is 2.33. The minimum Gasteiger partial charge on any atom is -0.493 e. The number of hydrogen-bond acceptors (Lipinski definition) is 4. The molecule has 0 bridgehead atoms. The normalized spacial score (nSPS) is 10.3. The molecule has 0 aliphatic carbocycles. The van der Waals surface area contributed by atoms with Crippen molar-refractivity contribution in [2.45, 2.75) is 13.1 Å². The van der Waals surface area contributed by atoms with E-state index >= 15 is 0 Å². The zero-order valence-electron chi connectivity index (χ0n) is 14.0. The van der Waals surface area contributed by atoms with Crippen LogP contribution in [0, 0.1) is 0 Å². The van der Waals surface area contributed by atoms with Crippen LogP contribution in [-0.2, 0) is 13.1 Å². The molecule has 0 atom stereocenters. The van der Waals surface area contributed by atoms with Crippen LogP contribution in [0.1, 0.15) is 11.1 Å². The summed E-state index contributed by atoms with van der Waals surface area (Å²) in [6.45, 7) is 5.47. The number of nitrogens with one attached hydrogen (secondary N) is 1. The highest BCUT2D eigenvalue weighted by molar-refractivity contribution is 6.31. The van der Waals surface area contributed by atoms with Crippen molar-refractivity contribution >= 4 is 11.6 Å². The second kappa shape index (κ2) is 9.21. The lowest BCUT2D eigenvalue weighted by Crippen LogP contribution is -2.13. The predicted octanol–water partition coefficient (Wildman–Crippen LogP) is 4.21. The van der Waals surface area contributed by atoms with Crippen molar-refractivity contribution in [3.8, 4) is 17.2 Å². The molecule has 0 fully saturated rings. The van der Waals surface area contributed by atoms with Gasteiger partial charge in [-0.25, -0.2) is 0 Å². The molecule has 2 aromatic rings. The van der Waals surface area contributed by atoms with Crippen molar-refractivity contribution in [3.63, 3.8) is 0 Å². The molecule has 0 spiro atoms. The molecule has 0 radical (unpaired) electrons. The standard InChI is InChI=1S/C19H22ClNO3/c1-4-8-24-16-7-5-6-14(9-16)12-21-13-15-10-18(22-2)19(23-3)11-17(15)20/h4-7,9-11,21H,1,8,12-13H2,2-3H3. The molecular formula is C19H22ClNO3. The fourth-order valence-electron chi connectivity index (χ4n) is 2.27. The van der Waals surface area contributed by atoms with Gasteiger partial charge in [0.2, 0.25) is 0 Å². The van der Waals surface area contributed by atoms with E-state index in [1.807, 2.05) is 30.3 Å². The summed E-state index contributed by atoms with van der Waals surface area (Å²) in [6.07, 6.45) is 1.73. The Morgan fingerprint density at radius 1 is 1.08 bits per heavy atom. The maximum absolute atomic E-state index is 6.30. The molecule has 0 aliphatic rings. The average Bonchev–Trinajstić information content (AvgIpc) is 2.61. The Bertz CT molecular complexity index is 688. The zero-order valence-corrected chi connectivity index (χ0v) is 14.7. The Kier molecular flexibility index (Phi) is 6.97. The second-order valence-corrected chi connectivity index (χ2v) is 5.56. The minimum absolute atomic E-state index is 0.498. The van der Waals surface area contributed by atoms with Gasteiger partial charge < -0.3 is 19.5 Å². The lowest BCUT2D eigenvalue weighted by molar-refractivity contribution is 0.354. The van der Waals surface area contributed by atoms with Crippen LogP contribution in [0.15, 0.2) is 49.1 Å². The van der Waals surface area contributed by atoms with Crippen LogP contribution in [0.2, 0.25) is 5.02 Å². The second-order valence-electron chi connectivity index (χ2n) is 5.15. The summed E-state index contributed by atoms with van der Waals surface area (Å²) in [4.78, 5) is 0. The van der Waals surface area contributed by atoms with E-state index in [0.29, 0.717) is 36.2 Å². The summed E-state index contributed by atoms with van der Waals surface area (Å²) >= 11 is 6.30. The first-order valence-corrected chi connectivity index (χ1v) is 7.99. The van der Waals surface area contributed by atoms with Crippen LogP contribution < -0.4 is 19.5 Å². The Labute approximate surface area is 148 Å². The molecule has 24 heavy (non-hydrogen) atoms. The number of ether oxygens (including phenoxy) is 3. The summed E-state index contributed by atoms with van der Waals surface area (Å²) in [5.41, 5.74) is 2.08. The van der Waals surface area contributed by atoms with Gasteiger partial charge >= 0.3 is 0 Å². The van der Waals surface area contributed by atoms with E-state index in [2.05, 4.69) is 11.9 Å². The first-order chi connectivity index (χ1) is 11.7. The Morgan fingerprint density at radius 3 is 2.54 bits per heavy atom. The largest absolute Gasteiger partial charge is 0.493 e. The minimum atomic E-state index is 0.498. The van der Waals surface area contributed by atoms with Gasteiger partial charge in [0, 0.05) is 24.2 Å². The van der Waals surface area contributed by atoms with Crippen molar-refractivity contribution in [2.75, 3.05) is 20.8 Å². The van der Waals surface area contributed by atoms with E-state index < -0.39 is 0 Å². The van der Waals surface area contributed by atoms with E-state index in [0.717, 1.165) is 16.9 Å². The molecule has 2 aromatic carbocycles. The van der Waals surface area contributed by atoms with Crippen LogP contribution in [-0.4, -0.2) is 20.8 Å². The van der Waals surface area contributed by atoms with E-state index in [4.69, 9.17) is 25.8 Å². The van der Waals surface area contributed by atoms with Crippen molar-refractivity contribution in [1.82, 2.24) is 5.32 Å². The molecule has 0 unspecified atom stereocenters. The number of hydrogen-bond donors (Lipinski definition) is 1. The fourth-order valence-corrected chi connectivity index (χ4v) is 2.49. The molecule has 0 saturated carbocycles. The van der Waals surface area contributed by atoms with Gasteiger partial charge in [-0.3, -0.25) is 0 Å². The van der Waals surface area contributed by atoms with Gasteiger partial charge in [-0.05, 0) is 29.3 Å². The molecule has 4 nitrogen and oxygen atoms in total. The zero-order chi connectivity index (χ0) is 17.4. The van der Waals surface area contributed by atoms with Crippen molar-refractivity contribution in [2.24, 2.45) is 0 Å². The molecular weight excluding hydrogens is 326 g/mol. The molecule has 1 N–H and O–H groups in total. The highest BCUT2D eigenvalue weighted by atomic mass is 35.5. The van der Waals surface area contributed by atoms with Gasteiger partial charge in [-0.2, -0.15) is 0 Å². The highest BCUT2D eigenvalue weighted by Gasteiger charge is 2.09. The van der Waals surface area contributed by atoms with E-state index in [9.17, 15) is 0 Å². The topological polar surface area (TPSA) is 39.7 Å². The van der Waals surface area contributed by atoms with Crippen LogP contribution >= 0.6 is 11.6 Å². The SMILES string of the molecule is C=CCOc1cccc(CNCc2cc(OC)c(OC)cc2Cl)c1. The smallest absolute Gasteiger partial charge is 0.162 e. The monoisotopic (exact) mass is 347 g/mol. The van der Waals surface area contributed by atoms with Gasteiger partial charge in [0.25, 0.3) is 0 Å². The molecule has 128 valence electrons. The van der Waals surface area contributed by atoms with E-state index in [1.54, 1.807) is 26.4 Å². The summed E-state index contributed by atoms with van der Waals surface area (Å²) in [6, 6.07) is 11.6. The molecule has 0 aromatic heterocycles. The Balaban J connectivity index is 1.98. The fraction of sp³-hybridized carbons (Fsp3) is 0.263. The molecule has 0 aliphatic heterocycles. The lowest BCUT2D eigenvalue weighted by Gasteiger charge is -2.12. The summed E-state index contributed by atoms with van der Waals surface area (Å²) in [5.74, 6) is 2.12. The van der Waals surface area contributed by atoms with Crippen molar-refractivity contribution in [1.29, 1.82) is 0 Å². The van der Waals surface area contributed by atoms with Gasteiger partial charge in [0.05, 0.1) is 14.2 Å². The van der Waals surface area contributed by atoms with E-state index in [1.165, 1.54) is 0 Å². The van der Waals surface area contributed by atoms with Crippen LogP contribution in [0.4, 0.5) is 0 Å². The molecule has 2 rings (SSSR count). The van der Waals surface area contributed by atoms with Crippen LogP contribution in [0.25, 0.3) is 0 Å². The number of benzene rings is 2. The van der Waals surface area contributed by atoms with Crippen LogP contribution in [0.3, 0.4) is 0 Å². The maximum Gasteiger partial charge on any atom is 0.162 e. The Morgan fingerprint density at radius 2 is 1.83 bits per heavy atom. The summed E-state index contributed by atoms with van der Waals surface area (Å²) in [5, 5.41) is 4.02. The first kappa shape index (κ1) is 18.2. The summed E-state index contributed by atoms with van der Waals surface area (Å²) in [7, 11) is 3.20. The third-order valence-corrected chi connectivity index (χ3v) is 3.82. The van der Waals surface area contributed by atoms with Crippen LogP contribution in [0.5, 0.6) is 17.2 Å². The van der Waals surface area contributed by atoms with Gasteiger partial charge in [0.15, 0.2) is 11.5 Å². The number of halogens is 1. The average molecular weight is 348 g/mol. The van der Waals surface area contributed by atoms with Gasteiger partial charge in [0.1, 0.15) is 12.4 Å². The molecule has 0 saturated heterocycles. The van der Waals surface area contributed by atoms with Crippen molar-refractivity contribution < 1.29 is 14.2 Å². The van der Waals surface area contributed by atoms with E-state index in [-0.39, 0.29) is 0 Å². The maximum atomic E-state index is 6.30. The van der Waals surface area contributed by atoms with Gasteiger partial charge in [-0.1, -0.05) is 36.4 Å². The third-order valence-electron chi connectivity index (χ3n) is 3.46. The summed E-state index contributed by atoms with van der Waals surface area (Å²) < 4.78 is 16.1. The third kappa shape index (κ3) is 4.91. The van der Waals surface area contributed by atoms with Gasteiger partial charge in [-0.15, -0.1) is 0 Å². The quantitative estimate of drug-likeness (QED) is 0.690.